The molecule has 6 N–H and O–H groups in total. The van der Waals surface area contributed by atoms with E-state index in [4.69, 9.17) is 11.1 Å². The molecule has 3 aromatic rings. The minimum Gasteiger partial charge on any atom is -0.384 e. The van der Waals surface area contributed by atoms with E-state index in [0.29, 0.717) is 36.3 Å². The van der Waals surface area contributed by atoms with Crippen LogP contribution in [0, 0.1) is 5.41 Å². The van der Waals surface area contributed by atoms with Gasteiger partial charge in [0.25, 0.3) is 0 Å². The number of nitrogens with two attached hydrogens (primary N) is 1. The van der Waals surface area contributed by atoms with Crippen molar-refractivity contribution in [2.24, 2.45) is 5.73 Å². The lowest BCUT2D eigenvalue weighted by Crippen LogP contribution is -2.51. The molecule has 1 aliphatic heterocycles. The van der Waals surface area contributed by atoms with Crippen LogP contribution < -0.4 is 16.4 Å². The van der Waals surface area contributed by atoms with Gasteiger partial charge >= 0.3 is 0 Å². The summed E-state index contributed by atoms with van der Waals surface area (Å²) in [5.41, 5.74) is 7.67. The fourth-order valence-corrected chi connectivity index (χ4v) is 4.90. The number of carbonyl (C=O) groups is 2. The number of amidine groups is 1. The molecule has 10 nitrogen and oxygen atoms in total. The monoisotopic (exact) mass is 534 g/mol. The van der Waals surface area contributed by atoms with E-state index in [2.05, 4.69) is 15.6 Å². The van der Waals surface area contributed by atoms with Gasteiger partial charge in [-0.1, -0.05) is 42.5 Å². The number of likely N-dealkylation sites (tertiary alicyclic amines) is 1. The van der Waals surface area contributed by atoms with Gasteiger partial charge in [-0.05, 0) is 48.2 Å². The van der Waals surface area contributed by atoms with Gasteiger partial charge in [-0.25, -0.2) is 9.19 Å². The number of hydrogen-bond acceptors (Lipinski definition) is 6. The molecule has 2 aromatic carbocycles. The number of nitrogens with one attached hydrogen (secondary N) is 3. The van der Waals surface area contributed by atoms with Gasteiger partial charge in [0.05, 0.1) is 4.90 Å². The molecular weight excluding hydrogens is 504 g/mol. The Morgan fingerprint density at radius 1 is 1.13 bits per heavy atom. The standard InChI is InChI=1S/C27H30N6O4S/c28-25(29)20-11-9-18(10-12-20)17-31-26(34)23-7-4-14-33(23)27(35)22(32-24-8-1-2-13-30-24)16-19-5-3-6-21(15-19)38(36)37/h1-3,5-6,8-13,15,22-23H,4,7,14,16-17H2,(H3,28,29)(H,30,32)(H,31,34)(H,36,37)/t22-,23+/m1/s1. The number of benzene rings is 2. The first-order valence-corrected chi connectivity index (χ1v) is 13.3. The summed E-state index contributed by atoms with van der Waals surface area (Å²) >= 11 is -2.14. The molecule has 1 saturated heterocycles. The molecule has 198 valence electrons. The van der Waals surface area contributed by atoms with Crippen LogP contribution in [0.2, 0.25) is 0 Å². The van der Waals surface area contributed by atoms with Gasteiger partial charge in [-0.2, -0.15) is 0 Å². The van der Waals surface area contributed by atoms with E-state index < -0.39 is 23.2 Å². The Kier molecular flexibility index (Phi) is 8.82. The fraction of sp³-hybridized carbons (Fsp3) is 0.259. The van der Waals surface area contributed by atoms with Crippen molar-refractivity contribution in [1.29, 1.82) is 5.41 Å². The number of nitrogen functional groups attached to an aromatic ring is 1. The highest BCUT2D eigenvalue weighted by molar-refractivity contribution is 7.79. The zero-order valence-corrected chi connectivity index (χ0v) is 21.5. The molecular formula is C27H30N6O4S. The maximum absolute atomic E-state index is 13.8. The molecule has 0 radical (unpaired) electrons. The Hall–Kier alpha value is -4.09. The normalized spacial score (nSPS) is 16.4. The van der Waals surface area contributed by atoms with E-state index in [1.807, 2.05) is 0 Å². The maximum atomic E-state index is 13.8. The minimum absolute atomic E-state index is 0.0223. The summed E-state index contributed by atoms with van der Waals surface area (Å²) in [5, 5.41) is 13.6. The van der Waals surface area contributed by atoms with Crippen LogP contribution in [0.5, 0.6) is 0 Å². The molecule has 2 heterocycles. The maximum Gasteiger partial charge on any atom is 0.246 e. The van der Waals surface area contributed by atoms with Gasteiger partial charge in [-0.15, -0.1) is 0 Å². The Balaban J connectivity index is 1.48. The third-order valence-corrected chi connectivity index (χ3v) is 7.05. The number of carbonyl (C=O) groups excluding carboxylic acids is 2. The van der Waals surface area contributed by atoms with Gasteiger partial charge in [0.15, 0.2) is 11.1 Å². The van der Waals surface area contributed by atoms with Crippen molar-refractivity contribution in [3.05, 3.63) is 89.6 Å². The summed E-state index contributed by atoms with van der Waals surface area (Å²) < 4.78 is 21.0. The van der Waals surface area contributed by atoms with Crippen molar-refractivity contribution >= 4 is 34.5 Å². The zero-order chi connectivity index (χ0) is 27.1. The van der Waals surface area contributed by atoms with Gasteiger partial charge < -0.3 is 25.8 Å². The number of hydrogen-bond donors (Lipinski definition) is 5. The molecule has 1 fully saturated rings. The molecule has 0 aliphatic carbocycles. The average molecular weight is 535 g/mol. The summed E-state index contributed by atoms with van der Waals surface area (Å²) in [6, 6.07) is 17.7. The second-order valence-corrected chi connectivity index (χ2v) is 10.0. The lowest BCUT2D eigenvalue weighted by Gasteiger charge is -2.29. The smallest absolute Gasteiger partial charge is 0.246 e. The van der Waals surface area contributed by atoms with Crippen molar-refractivity contribution in [3.63, 3.8) is 0 Å². The lowest BCUT2D eigenvalue weighted by molar-refractivity contribution is -0.139. The Morgan fingerprint density at radius 3 is 2.61 bits per heavy atom. The van der Waals surface area contributed by atoms with Crippen molar-refractivity contribution in [1.82, 2.24) is 15.2 Å². The highest BCUT2D eigenvalue weighted by Crippen LogP contribution is 2.22. The van der Waals surface area contributed by atoms with Crippen LogP contribution in [-0.2, 0) is 33.6 Å². The molecule has 38 heavy (non-hydrogen) atoms. The Labute approximate surface area is 223 Å². The number of anilines is 1. The summed E-state index contributed by atoms with van der Waals surface area (Å²) in [4.78, 5) is 33.0. The van der Waals surface area contributed by atoms with Gasteiger partial charge in [0.2, 0.25) is 11.8 Å². The molecule has 11 heteroatoms. The van der Waals surface area contributed by atoms with E-state index in [9.17, 15) is 18.4 Å². The molecule has 0 bridgehead atoms. The van der Waals surface area contributed by atoms with E-state index in [1.54, 1.807) is 77.8 Å². The highest BCUT2D eigenvalue weighted by atomic mass is 32.2. The van der Waals surface area contributed by atoms with Gasteiger partial charge in [0, 0.05) is 31.3 Å². The molecule has 0 saturated carbocycles. The predicted molar refractivity (Wildman–Crippen MR) is 145 cm³/mol. The number of nitrogens with zero attached hydrogens (tertiary/aromatic N) is 2. The van der Waals surface area contributed by atoms with E-state index >= 15 is 0 Å². The molecule has 0 spiro atoms. The number of rotatable bonds is 10. The second kappa shape index (κ2) is 12.4. The Bertz CT molecular complexity index is 1320. The third kappa shape index (κ3) is 6.81. The number of aromatic nitrogens is 1. The molecule has 1 aromatic heterocycles. The minimum atomic E-state index is -2.14. The number of pyridine rings is 1. The summed E-state index contributed by atoms with van der Waals surface area (Å²) in [7, 11) is 0. The van der Waals surface area contributed by atoms with E-state index in [1.165, 1.54) is 0 Å². The first-order valence-electron chi connectivity index (χ1n) is 12.2. The van der Waals surface area contributed by atoms with Crippen LogP contribution in [0.1, 0.15) is 29.5 Å². The zero-order valence-electron chi connectivity index (χ0n) is 20.7. The second-order valence-electron chi connectivity index (χ2n) is 9.03. The van der Waals surface area contributed by atoms with E-state index in [0.717, 1.165) is 5.56 Å². The highest BCUT2D eigenvalue weighted by Gasteiger charge is 2.37. The largest absolute Gasteiger partial charge is 0.384 e. The first kappa shape index (κ1) is 27.0. The van der Waals surface area contributed by atoms with Crippen LogP contribution >= 0.6 is 0 Å². The van der Waals surface area contributed by atoms with Crippen molar-refractivity contribution in [2.45, 2.75) is 42.8 Å². The van der Waals surface area contributed by atoms with Crippen molar-refractivity contribution in [3.8, 4) is 0 Å². The lowest BCUT2D eigenvalue weighted by atomic mass is 10.0. The molecule has 4 rings (SSSR count). The van der Waals surface area contributed by atoms with Crippen LogP contribution in [0.4, 0.5) is 5.82 Å². The predicted octanol–water partition coefficient (Wildman–Crippen LogP) is 2.28. The molecule has 2 amide bonds. The van der Waals surface area contributed by atoms with Crippen LogP contribution in [0.3, 0.4) is 0 Å². The molecule has 3 atom stereocenters. The van der Waals surface area contributed by atoms with Gasteiger partial charge in [0.1, 0.15) is 23.7 Å². The summed E-state index contributed by atoms with van der Waals surface area (Å²) in [6.07, 6.45) is 3.12. The van der Waals surface area contributed by atoms with Gasteiger partial charge in [-0.3, -0.25) is 15.0 Å². The fourth-order valence-electron chi connectivity index (χ4n) is 4.46. The quantitative estimate of drug-likeness (QED) is 0.151. The molecule has 1 aliphatic rings. The summed E-state index contributed by atoms with van der Waals surface area (Å²) in [6.45, 7) is 0.738. The van der Waals surface area contributed by atoms with E-state index in [-0.39, 0.29) is 35.5 Å². The topological polar surface area (TPSA) is 162 Å². The average Bonchev–Trinajstić information content (AvgIpc) is 3.42. The van der Waals surface area contributed by atoms with Crippen LogP contribution in [0.15, 0.2) is 77.8 Å². The summed E-state index contributed by atoms with van der Waals surface area (Å²) in [5.74, 6) is 0.0169. The Morgan fingerprint density at radius 2 is 1.92 bits per heavy atom. The molecule has 1 unspecified atom stereocenters. The van der Waals surface area contributed by atoms with Crippen molar-refractivity contribution < 1.29 is 18.4 Å². The first-order chi connectivity index (χ1) is 18.3. The number of amides is 2. The third-order valence-electron chi connectivity index (χ3n) is 6.40. The van der Waals surface area contributed by atoms with Crippen LogP contribution in [-0.4, -0.2) is 54.9 Å². The van der Waals surface area contributed by atoms with Crippen molar-refractivity contribution in [2.75, 3.05) is 11.9 Å². The van der Waals surface area contributed by atoms with Crippen LogP contribution in [0.25, 0.3) is 0 Å². The SMILES string of the molecule is N=C(N)c1ccc(CNC(=O)[C@@H]2CCCN2C(=O)[C@@H](Cc2cccc(S(=O)O)c2)Nc2ccccn2)cc1.